The first-order chi connectivity index (χ1) is 12.1. The third-order valence-electron chi connectivity index (χ3n) is 4.72. The Morgan fingerprint density at radius 1 is 1.32 bits per heavy atom. The Morgan fingerprint density at radius 2 is 2.12 bits per heavy atom. The van der Waals surface area contributed by atoms with Crippen LogP contribution in [-0.4, -0.2) is 22.4 Å². The second kappa shape index (κ2) is 7.59. The van der Waals surface area contributed by atoms with Crippen molar-refractivity contribution in [1.82, 2.24) is 20.4 Å². The van der Waals surface area contributed by atoms with Crippen LogP contribution in [0.25, 0.3) is 0 Å². The van der Waals surface area contributed by atoms with Gasteiger partial charge < -0.3 is 15.4 Å². The molecule has 0 saturated heterocycles. The average Bonchev–Trinajstić information content (AvgIpc) is 2.95. The fourth-order valence-corrected chi connectivity index (χ4v) is 3.46. The largest absolute Gasteiger partial charge is 0.493 e. The molecule has 0 fully saturated rings. The monoisotopic (exact) mass is 342 g/mol. The zero-order valence-electron chi connectivity index (χ0n) is 15.1. The molecule has 1 aromatic carbocycles. The van der Waals surface area contributed by atoms with E-state index in [1.165, 1.54) is 5.69 Å². The van der Waals surface area contributed by atoms with Crippen LogP contribution < -0.4 is 15.4 Å². The SMILES string of the molecule is CCc1nn(C)c(CC)c1CNC(=O)NC1CCOc2ccccc21. The summed E-state index contributed by atoms with van der Waals surface area (Å²) >= 11 is 0. The third-order valence-corrected chi connectivity index (χ3v) is 4.72. The molecule has 0 bridgehead atoms. The van der Waals surface area contributed by atoms with Gasteiger partial charge in [-0.2, -0.15) is 5.10 Å². The highest BCUT2D eigenvalue weighted by molar-refractivity contribution is 5.74. The Bertz CT molecular complexity index is 754. The van der Waals surface area contributed by atoms with Gasteiger partial charge >= 0.3 is 6.03 Å². The Labute approximate surface area is 148 Å². The van der Waals surface area contributed by atoms with E-state index in [1.807, 2.05) is 36.0 Å². The summed E-state index contributed by atoms with van der Waals surface area (Å²) in [6, 6.07) is 7.69. The minimum Gasteiger partial charge on any atom is -0.493 e. The quantitative estimate of drug-likeness (QED) is 0.878. The smallest absolute Gasteiger partial charge is 0.315 e. The summed E-state index contributed by atoms with van der Waals surface area (Å²) in [5.41, 5.74) is 4.40. The predicted octanol–water partition coefficient (Wildman–Crippen LogP) is 2.87. The van der Waals surface area contributed by atoms with Crippen molar-refractivity contribution in [1.29, 1.82) is 0 Å². The van der Waals surface area contributed by atoms with E-state index in [1.54, 1.807) is 0 Å². The lowest BCUT2D eigenvalue weighted by molar-refractivity contribution is 0.223. The van der Waals surface area contributed by atoms with Crippen molar-refractivity contribution >= 4 is 6.03 Å². The fraction of sp³-hybridized carbons (Fsp3) is 0.474. The zero-order valence-corrected chi connectivity index (χ0v) is 15.1. The molecule has 0 spiro atoms. The van der Waals surface area contributed by atoms with Crippen molar-refractivity contribution in [2.24, 2.45) is 7.05 Å². The van der Waals surface area contributed by atoms with E-state index in [9.17, 15) is 4.79 Å². The van der Waals surface area contributed by atoms with Crippen LogP contribution in [0.3, 0.4) is 0 Å². The minimum absolute atomic E-state index is 0.0184. The number of aryl methyl sites for hydroxylation is 2. The highest BCUT2D eigenvalue weighted by Gasteiger charge is 2.23. The molecular weight excluding hydrogens is 316 g/mol. The topological polar surface area (TPSA) is 68.2 Å². The first-order valence-electron chi connectivity index (χ1n) is 8.93. The molecule has 2 amide bonds. The number of hydrogen-bond acceptors (Lipinski definition) is 3. The first-order valence-corrected chi connectivity index (χ1v) is 8.93. The molecule has 0 aliphatic carbocycles. The number of benzene rings is 1. The molecule has 1 unspecified atom stereocenters. The molecule has 3 rings (SSSR count). The molecule has 134 valence electrons. The van der Waals surface area contributed by atoms with Gasteiger partial charge in [0.15, 0.2) is 0 Å². The van der Waals surface area contributed by atoms with E-state index in [0.29, 0.717) is 13.2 Å². The number of amides is 2. The number of para-hydroxylation sites is 1. The van der Waals surface area contributed by atoms with Gasteiger partial charge in [0.05, 0.1) is 18.3 Å². The van der Waals surface area contributed by atoms with Gasteiger partial charge in [-0.25, -0.2) is 4.79 Å². The number of carbonyl (C=O) groups is 1. The first kappa shape index (κ1) is 17.3. The van der Waals surface area contributed by atoms with Crippen LogP contribution >= 0.6 is 0 Å². The van der Waals surface area contributed by atoms with Crippen LogP contribution in [0.5, 0.6) is 5.75 Å². The number of carbonyl (C=O) groups excluding carboxylic acids is 1. The Morgan fingerprint density at radius 3 is 2.88 bits per heavy atom. The average molecular weight is 342 g/mol. The summed E-state index contributed by atoms with van der Waals surface area (Å²) in [7, 11) is 1.96. The Hall–Kier alpha value is -2.50. The van der Waals surface area contributed by atoms with Crippen molar-refractivity contribution in [2.45, 2.75) is 45.7 Å². The van der Waals surface area contributed by atoms with E-state index in [0.717, 1.165) is 41.8 Å². The molecule has 2 aromatic rings. The molecule has 1 aliphatic heterocycles. The molecule has 2 heterocycles. The summed E-state index contributed by atoms with van der Waals surface area (Å²) in [5.74, 6) is 0.854. The van der Waals surface area contributed by atoms with Crippen LogP contribution in [0.2, 0.25) is 0 Å². The lowest BCUT2D eigenvalue weighted by Crippen LogP contribution is -2.39. The van der Waals surface area contributed by atoms with Gasteiger partial charge in [-0.1, -0.05) is 32.0 Å². The maximum absolute atomic E-state index is 12.4. The molecule has 25 heavy (non-hydrogen) atoms. The van der Waals surface area contributed by atoms with Gasteiger partial charge in [0.2, 0.25) is 0 Å². The summed E-state index contributed by atoms with van der Waals surface area (Å²) in [4.78, 5) is 12.4. The number of rotatable bonds is 5. The van der Waals surface area contributed by atoms with E-state index >= 15 is 0 Å². The number of fused-ring (bicyclic) bond motifs is 1. The van der Waals surface area contributed by atoms with Crippen LogP contribution in [0, 0.1) is 0 Å². The van der Waals surface area contributed by atoms with Gasteiger partial charge in [0.1, 0.15) is 5.75 Å². The van der Waals surface area contributed by atoms with Crippen molar-refractivity contribution in [2.75, 3.05) is 6.61 Å². The van der Waals surface area contributed by atoms with Crippen LogP contribution in [0.15, 0.2) is 24.3 Å². The van der Waals surface area contributed by atoms with Gasteiger partial charge in [-0.05, 0) is 18.9 Å². The molecule has 1 atom stereocenters. The van der Waals surface area contributed by atoms with Crippen molar-refractivity contribution in [3.63, 3.8) is 0 Å². The van der Waals surface area contributed by atoms with E-state index in [4.69, 9.17) is 4.74 Å². The summed E-state index contributed by atoms with van der Waals surface area (Å²) in [6.07, 6.45) is 2.53. The number of aromatic nitrogens is 2. The number of ether oxygens (including phenoxy) is 1. The number of urea groups is 1. The molecule has 0 saturated carbocycles. The maximum atomic E-state index is 12.4. The molecule has 1 aliphatic rings. The molecule has 6 heteroatoms. The van der Waals surface area contributed by atoms with E-state index < -0.39 is 0 Å². The lowest BCUT2D eigenvalue weighted by atomic mass is 10.0. The van der Waals surface area contributed by atoms with Crippen molar-refractivity contribution in [3.05, 3.63) is 46.8 Å². The van der Waals surface area contributed by atoms with Gasteiger partial charge in [0, 0.05) is 36.8 Å². The molecule has 6 nitrogen and oxygen atoms in total. The second-order valence-electron chi connectivity index (χ2n) is 6.26. The van der Waals surface area contributed by atoms with Gasteiger partial charge in [-0.3, -0.25) is 4.68 Å². The van der Waals surface area contributed by atoms with Gasteiger partial charge in [0.25, 0.3) is 0 Å². The van der Waals surface area contributed by atoms with E-state index in [2.05, 4.69) is 29.6 Å². The zero-order chi connectivity index (χ0) is 17.8. The van der Waals surface area contributed by atoms with Crippen molar-refractivity contribution < 1.29 is 9.53 Å². The van der Waals surface area contributed by atoms with E-state index in [-0.39, 0.29) is 12.1 Å². The molecule has 2 N–H and O–H groups in total. The lowest BCUT2D eigenvalue weighted by Gasteiger charge is -2.26. The Balaban J connectivity index is 1.65. The van der Waals surface area contributed by atoms with Gasteiger partial charge in [-0.15, -0.1) is 0 Å². The van der Waals surface area contributed by atoms with Crippen molar-refractivity contribution in [3.8, 4) is 5.75 Å². The molecule has 0 radical (unpaired) electrons. The third kappa shape index (κ3) is 3.62. The predicted molar refractivity (Wildman–Crippen MR) is 96.6 cm³/mol. The summed E-state index contributed by atoms with van der Waals surface area (Å²) in [6.45, 7) is 5.31. The molecular formula is C19H26N4O2. The number of nitrogens with zero attached hydrogens (tertiary/aromatic N) is 2. The second-order valence-corrected chi connectivity index (χ2v) is 6.26. The number of hydrogen-bond donors (Lipinski definition) is 2. The van der Waals surface area contributed by atoms with Crippen LogP contribution in [-0.2, 0) is 26.4 Å². The summed E-state index contributed by atoms with van der Waals surface area (Å²) in [5, 5.41) is 10.6. The fourth-order valence-electron chi connectivity index (χ4n) is 3.46. The number of nitrogens with one attached hydrogen (secondary N) is 2. The maximum Gasteiger partial charge on any atom is 0.315 e. The summed E-state index contributed by atoms with van der Waals surface area (Å²) < 4.78 is 7.56. The minimum atomic E-state index is -0.158. The normalized spacial score (nSPS) is 16.0. The van der Waals surface area contributed by atoms with Crippen LogP contribution in [0.4, 0.5) is 4.79 Å². The highest BCUT2D eigenvalue weighted by atomic mass is 16.5. The molecule has 1 aromatic heterocycles. The standard InChI is InChI=1S/C19H26N4O2/c1-4-15-14(17(5-2)23(3)22-15)12-20-19(24)21-16-10-11-25-18-9-7-6-8-13(16)18/h6-9,16H,4-5,10-12H2,1-3H3,(H2,20,21,24). The Kier molecular flexibility index (Phi) is 5.26. The highest BCUT2D eigenvalue weighted by Crippen LogP contribution is 2.31. The van der Waals surface area contributed by atoms with Crippen LogP contribution in [0.1, 0.15) is 48.8 Å².